The minimum absolute atomic E-state index is 0.0853. The van der Waals surface area contributed by atoms with Crippen molar-refractivity contribution in [2.75, 3.05) is 5.32 Å². The molecular formula is C19H20N6OS. The molecule has 0 aliphatic heterocycles. The van der Waals surface area contributed by atoms with E-state index in [1.54, 1.807) is 17.5 Å². The first-order valence-electron chi connectivity index (χ1n) is 9.22. The molecule has 1 aliphatic carbocycles. The number of thiazole rings is 1. The average Bonchev–Trinajstić information content (AvgIpc) is 3.27. The fourth-order valence-corrected chi connectivity index (χ4v) is 4.61. The summed E-state index contributed by atoms with van der Waals surface area (Å²) in [6, 6.07) is 6.06. The van der Waals surface area contributed by atoms with Gasteiger partial charge in [-0.2, -0.15) is 0 Å². The minimum atomic E-state index is -0.295. The van der Waals surface area contributed by atoms with Gasteiger partial charge in [-0.25, -0.2) is 19.9 Å². The second-order valence-electron chi connectivity index (χ2n) is 7.01. The van der Waals surface area contributed by atoms with Crippen LogP contribution in [0.4, 0.5) is 5.13 Å². The number of anilines is 1. The van der Waals surface area contributed by atoms with E-state index in [4.69, 9.17) is 0 Å². The number of rotatable bonds is 4. The number of hydrogen-bond donors (Lipinski definition) is 2. The van der Waals surface area contributed by atoms with E-state index in [1.807, 2.05) is 29.2 Å². The van der Waals surface area contributed by atoms with E-state index in [-0.39, 0.29) is 12.1 Å². The molecule has 1 fully saturated rings. The standard InChI is InChI=1S/C19H20N6OS/c26-15-6-2-1-4-13(15)23-19-24-17-16(27-19)8-12(9-21-17)10-25-11-22-14-5-3-7-20-18(14)25/h3,5,7-9,11,13,15,26H,1-2,4,6,10H2,(H,21,23,24). The number of nitrogens with one attached hydrogen (secondary N) is 1. The smallest absolute Gasteiger partial charge is 0.185 e. The largest absolute Gasteiger partial charge is 0.391 e. The zero-order chi connectivity index (χ0) is 18.2. The SMILES string of the molecule is OC1CCCCC1Nc1nc2ncc(Cn3cnc4cccnc43)cc2s1. The van der Waals surface area contributed by atoms with Crippen LogP contribution < -0.4 is 5.32 Å². The Morgan fingerprint density at radius 2 is 2.15 bits per heavy atom. The van der Waals surface area contributed by atoms with Gasteiger partial charge in [-0.15, -0.1) is 0 Å². The second-order valence-corrected chi connectivity index (χ2v) is 8.04. The molecule has 8 heteroatoms. The zero-order valence-corrected chi connectivity index (χ0v) is 15.6. The first-order chi connectivity index (χ1) is 13.3. The monoisotopic (exact) mass is 380 g/mol. The van der Waals surface area contributed by atoms with Crippen molar-refractivity contribution in [2.45, 2.75) is 44.4 Å². The topological polar surface area (TPSA) is 88.8 Å². The Morgan fingerprint density at radius 1 is 1.22 bits per heavy atom. The third kappa shape index (κ3) is 3.26. The maximum atomic E-state index is 10.2. The van der Waals surface area contributed by atoms with Crippen LogP contribution in [0.1, 0.15) is 31.2 Å². The van der Waals surface area contributed by atoms with E-state index in [0.717, 1.165) is 57.9 Å². The molecule has 0 spiro atoms. The van der Waals surface area contributed by atoms with Gasteiger partial charge in [0, 0.05) is 12.4 Å². The first-order valence-corrected chi connectivity index (χ1v) is 10.0. The van der Waals surface area contributed by atoms with Crippen LogP contribution in [0.3, 0.4) is 0 Å². The maximum Gasteiger partial charge on any atom is 0.185 e. The molecule has 2 unspecified atom stereocenters. The van der Waals surface area contributed by atoms with E-state index in [9.17, 15) is 5.11 Å². The van der Waals surface area contributed by atoms with Crippen LogP contribution >= 0.6 is 11.3 Å². The fraction of sp³-hybridized carbons (Fsp3) is 0.368. The van der Waals surface area contributed by atoms with Crippen molar-refractivity contribution in [1.82, 2.24) is 24.5 Å². The predicted octanol–water partition coefficient (Wildman–Crippen LogP) is 3.20. The van der Waals surface area contributed by atoms with Gasteiger partial charge in [-0.05, 0) is 36.6 Å². The lowest BCUT2D eigenvalue weighted by Crippen LogP contribution is -2.36. The lowest BCUT2D eigenvalue weighted by atomic mass is 9.93. The third-order valence-electron chi connectivity index (χ3n) is 5.07. The Kier molecular flexibility index (Phi) is 4.21. The van der Waals surface area contributed by atoms with Gasteiger partial charge in [-0.3, -0.25) is 0 Å². The summed E-state index contributed by atoms with van der Waals surface area (Å²) in [5, 5.41) is 14.4. The summed E-state index contributed by atoms with van der Waals surface area (Å²) in [6.45, 7) is 0.665. The number of nitrogens with zero attached hydrogens (tertiary/aromatic N) is 5. The molecule has 0 radical (unpaired) electrons. The van der Waals surface area contributed by atoms with Gasteiger partial charge in [0.25, 0.3) is 0 Å². The number of hydrogen-bond acceptors (Lipinski definition) is 7. The molecule has 0 amide bonds. The van der Waals surface area contributed by atoms with E-state index in [0.29, 0.717) is 6.54 Å². The van der Waals surface area contributed by atoms with Crippen molar-refractivity contribution in [3.05, 3.63) is 42.5 Å². The highest BCUT2D eigenvalue weighted by Crippen LogP contribution is 2.29. The van der Waals surface area contributed by atoms with Gasteiger partial charge in [-0.1, -0.05) is 24.2 Å². The molecule has 27 heavy (non-hydrogen) atoms. The van der Waals surface area contributed by atoms with Gasteiger partial charge >= 0.3 is 0 Å². The summed E-state index contributed by atoms with van der Waals surface area (Å²) < 4.78 is 3.06. The molecule has 1 aliphatic rings. The quantitative estimate of drug-likeness (QED) is 0.565. The van der Waals surface area contributed by atoms with E-state index >= 15 is 0 Å². The number of imidazole rings is 1. The molecule has 4 aromatic rings. The molecule has 1 saturated carbocycles. The number of aliphatic hydroxyl groups excluding tert-OH is 1. The molecule has 0 bridgehead atoms. The number of pyridine rings is 2. The molecule has 4 heterocycles. The molecule has 2 N–H and O–H groups in total. The van der Waals surface area contributed by atoms with Crippen LogP contribution in [0.25, 0.3) is 21.5 Å². The lowest BCUT2D eigenvalue weighted by Gasteiger charge is -2.27. The summed E-state index contributed by atoms with van der Waals surface area (Å²) >= 11 is 1.59. The molecule has 0 saturated heterocycles. The van der Waals surface area contributed by atoms with Crippen LogP contribution in [-0.4, -0.2) is 41.8 Å². The van der Waals surface area contributed by atoms with Gasteiger partial charge in [0.05, 0.1) is 29.7 Å². The average molecular weight is 380 g/mol. The highest BCUT2D eigenvalue weighted by Gasteiger charge is 2.23. The molecular weight excluding hydrogens is 360 g/mol. The minimum Gasteiger partial charge on any atom is -0.391 e. The molecule has 138 valence electrons. The predicted molar refractivity (Wildman–Crippen MR) is 106 cm³/mol. The molecule has 5 rings (SSSR count). The normalized spacial score (nSPS) is 20.3. The van der Waals surface area contributed by atoms with Crippen LogP contribution in [0.2, 0.25) is 0 Å². The summed E-state index contributed by atoms with van der Waals surface area (Å²) in [5.41, 5.74) is 3.59. The van der Waals surface area contributed by atoms with Crippen molar-refractivity contribution in [3.63, 3.8) is 0 Å². The van der Waals surface area contributed by atoms with Gasteiger partial charge in [0.15, 0.2) is 16.4 Å². The summed E-state index contributed by atoms with van der Waals surface area (Å²) in [4.78, 5) is 17.9. The zero-order valence-electron chi connectivity index (χ0n) is 14.7. The van der Waals surface area contributed by atoms with E-state index in [1.165, 1.54) is 0 Å². The van der Waals surface area contributed by atoms with Crippen LogP contribution in [0.15, 0.2) is 36.9 Å². The van der Waals surface area contributed by atoms with Crippen molar-refractivity contribution < 1.29 is 5.11 Å². The molecule has 0 aromatic carbocycles. The Hall–Kier alpha value is -2.58. The Morgan fingerprint density at radius 3 is 3.07 bits per heavy atom. The number of aliphatic hydroxyl groups is 1. The number of fused-ring (bicyclic) bond motifs is 2. The Balaban J connectivity index is 1.39. The summed E-state index contributed by atoms with van der Waals surface area (Å²) in [7, 11) is 0. The summed E-state index contributed by atoms with van der Waals surface area (Å²) in [6.07, 6.45) is 9.24. The van der Waals surface area contributed by atoms with Gasteiger partial charge in [0.2, 0.25) is 0 Å². The Labute approximate surface area is 160 Å². The van der Waals surface area contributed by atoms with E-state index in [2.05, 4.69) is 31.3 Å². The first kappa shape index (κ1) is 16.6. The molecule has 7 nitrogen and oxygen atoms in total. The summed E-state index contributed by atoms with van der Waals surface area (Å²) in [5.74, 6) is 0. The second kappa shape index (κ2) is 6.86. The molecule has 4 aromatic heterocycles. The van der Waals surface area contributed by atoms with Crippen molar-refractivity contribution in [1.29, 1.82) is 0 Å². The third-order valence-corrected chi connectivity index (χ3v) is 5.99. The highest BCUT2D eigenvalue weighted by molar-refractivity contribution is 7.22. The van der Waals surface area contributed by atoms with Gasteiger partial charge < -0.3 is 15.0 Å². The maximum absolute atomic E-state index is 10.2. The lowest BCUT2D eigenvalue weighted by molar-refractivity contribution is 0.116. The number of aromatic nitrogens is 5. The van der Waals surface area contributed by atoms with Gasteiger partial charge in [0.1, 0.15) is 5.52 Å². The molecule has 2 atom stereocenters. The van der Waals surface area contributed by atoms with Crippen LogP contribution in [-0.2, 0) is 6.54 Å². The van der Waals surface area contributed by atoms with E-state index < -0.39 is 0 Å². The van der Waals surface area contributed by atoms with Crippen molar-refractivity contribution in [3.8, 4) is 0 Å². The van der Waals surface area contributed by atoms with Crippen molar-refractivity contribution in [2.24, 2.45) is 0 Å². The fourth-order valence-electron chi connectivity index (χ4n) is 3.66. The Bertz CT molecular complexity index is 1090. The highest BCUT2D eigenvalue weighted by atomic mass is 32.1. The van der Waals surface area contributed by atoms with Crippen molar-refractivity contribution >= 4 is 38.0 Å². The van der Waals surface area contributed by atoms with Crippen LogP contribution in [0.5, 0.6) is 0 Å². The van der Waals surface area contributed by atoms with Crippen LogP contribution in [0, 0.1) is 0 Å².